The molecule has 62 valence electrons. The first-order chi connectivity index (χ1) is 5.77. The molecular weight excluding hydrogens is 222 g/mol. The number of anilines is 1. The van der Waals surface area contributed by atoms with Crippen LogP contribution in [0.15, 0.2) is 22.7 Å². The monoisotopic (exact) mass is 227 g/mol. The van der Waals surface area contributed by atoms with Crippen LogP contribution in [0.2, 0.25) is 0 Å². The highest BCUT2D eigenvalue weighted by molar-refractivity contribution is 9.10. The van der Waals surface area contributed by atoms with E-state index in [2.05, 4.69) is 21.2 Å². The van der Waals surface area contributed by atoms with Gasteiger partial charge in [0.2, 0.25) is 0 Å². The van der Waals surface area contributed by atoms with E-state index in [0.29, 0.717) is 5.75 Å². The maximum Gasteiger partial charge on any atom is 0.262 e. The standard InChI is InChI=1S/C8H6BrNO2/c9-5-2-1-3-6-8(5)12-4-7(11)10-6/h1-3H,4H2,(H,10,11). The van der Waals surface area contributed by atoms with Crippen LogP contribution in [0.25, 0.3) is 0 Å². The Labute approximate surface area is 77.8 Å². The molecule has 1 N–H and O–H groups in total. The Kier molecular flexibility index (Phi) is 1.77. The van der Waals surface area contributed by atoms with E-state index < -0.39 is 0 Å². The zero-order valence-electron chi connectivity index (χ0n) is 6.13. The molecule has 1 aliphatic heterocycles. The van der Waals surface area contributed by atoms with Crippen molar-refractivity contribution >= 4 is 27.5 Å². The summed E-state index contributed by atoms with van der Waals surface area (Å²) < 4.78 is 6.07. The third kappa shape index (κ3) is 1.18. The fourth-order valence-corrected chi connectivity index (χ4v) is 1.56. The largest absolute Gasteiger partial charge is 0.480 e. The summed E-state index contributed by atoms with van der Waals surface area (Å²) in [5.41, 5.74) is 0.723. The number of fused-ring (bicyclic) bond motifs is 1. The van der Waals surface area contributed by atoms with Gasteiger partial charge in [0.15, 0.2) is 12.4 Å². The van der Waals surface area contributed by atoms with Crippen molar-refractivity contribution in [2.75, 3.05) is 11.9 Å². The van der Waals surface area contributed by atoms with Crippen molar-refractivity contribution in [3.05, 3.63) is 22.7 Å². The molecule has 1 aromatic carbocycles. The molecule has 12 heavy (non-hydrogen) atoms. The Morgan fingerprint density at radius 1 is 1.50 bits per heavy atom. The zero-order chi connectivity index (χ0) is 8.55. The van der Waals surface area contributed by atoms with Crippen LogP contribution in [0.1, 0.15) is 0 Å². The summed E-state index contributed by atoms with van der Waals surface area (Å²) in [5, 5.41) is 2.71. The first kappa shape index (κ1) is 7.61. The fraction of sp³-hybridized carbons (Fsp3) is 0.125. The minimum Gasteiger partial charge on any atom is -0.480 e. The topological polar surface area (TPSA) is 38.3 Å². The molecule has 4 heteroatoms. The number of ether oxygens (including phenoxy) is 1. The minimum absolute atomic E-state index is 0.0929. The van der Waals surface area contributed by atoms with Gasteiger partial charge < -0.3 is 10.1 Å². The van der Waals surface area contributed by atoms with E-state index in [-0.39, 0.29) is 12.5 Å². The molecule has 1 heterocycles. The Bertz CT molecular complexity index is 338. The lowest BCUT2D eigenvalue weighted by Gasteiger charge is -2.18. The van der Waals surface area contributed by atoms with Crippen molar-refractivity contribution in [3.8, 4) is 5.75 Å². The van der Waals surface area contributed by atoms with Gasteiger partial charge in [-0.05, 0) is 28.1 Å². The van der Waals surface area contributed by atoms with Crippen molar-refractivity contribution in [1.29, 1.82) is 0 Å². The summed E-state index contributed by atoms with van der Waals surface area (Å²) in [5.74, 6) is 0.595. The van der Waals surface area contributed by atoms with Crippen molar-refractivity contribution in [2.45, 2.75) is 0 Å². The molecule has 0 saturated carbocycles. The van der Waals surface area contributed by atoms with Crippen molar-refractivity contribution in [3.63, 3.8) is 0 Å². The van der Waals surface area contributed by atoms with E-state index in [1.807, 2.05) is 12.1 Å². The molecule has 1 aliphatic rings. The number of nitrogens with one attached hydrogen (secondary N) is 1. The van der Waals surface area contributed by atoms with E-state index in [0.717, 1.165) is 10.2 Å². The van der Waals surface area contributed by atoms with Crippen LogP contribution < -0.4 is 10.1 Å². The van der Waals surface area contributed by atoms with Gasteiger partial charge in [-0.1, -0.05) is 6.07 Å². The van der Waals surface area contributed by atoms with E-state index >= 15 is 0 Å². The third-order valence-corrected chi connectivity index (χ3v) is 2.21. The Balaban J connectivity index is 2.48. The van der Waals surface area contributed by atoms with Gasteiger partial charge in [0, 0.05) is 0 Å². The van der Waals surface area contributed by atoms with Crippen LogP contribution in [-0.2, 0) is 4.79 Å². The lowest BCUT2D eigenvalue weighted by molar-refractivity contribution is -0.118. The summed E-state index contributed by atoms with van der Waals surface area (Å²) in [6.07, 6.45) is 0. The van der Waals surface area contributed by atoms with Crippen LogP contribution in [0, 0.1) is 0 Å². The molecule has 0 aromatic heterocycles. The SMILES string of the molecule is O=C1COc2c(Br)cccc2N1. The van der Waals surface area contributed by atoms with E-state index in [9.17, 15) is 4.79 Å². The highest BCUT2D eigenvalue weighted by atomic mass is 79.9. The third-order valence-electron chi connectivity index (χ3n) is 1.59. The van der Waals surface area contributed by atoms with Gasteiger partial charge in [-0.3, -0.25) is 4.79 Å². The Hall–Kier alpha value is -1.03. The quantitative estimate of drug-likeness (QED) is 0.734. The number of carbonyl (C=O) groups excluding carboxylic acids is 1. The lowest BCUT2D eigenvalue weighted by atomic mass is 10.2. The molecule has 0 spiro atoms. The van der Waals surface area contributed by atoms with Crippen molar-refractivity contribution < 1.29 is 9.53 Å². The zero-order valence-corrected chi connectivity index (χ0v) is 7.72. The molecular formula is C8H6BrNO2. The second-order valence-electron chi connectivity index (χ2n) is 2.45. The summed E-state index contributed by atoms with van der Waals surface area (Å²) in [6, 6.07) is 5.52. The summed E-state index contributed by atoms with van der Waals surface area (Å²) >= 11 is 3.33. The summed E-state index contributed by atoms with van der Waals surface area (Å²) in [4.78, 5) is 10.9. The van der Waals surface area contributed by atoms with E-state index in [1.54, 1.807) is 6.07 Å². The van der Waals surface area contributed by atoms with Crippen LogP contribution in [0.4, 0.5) is 5.69 Å². The summed E-state index contributed by atoms with van der Waals surface area (Å²) in [7, 11) is 0. The van der Waals surface area contributed by atoms with Gasteiger partial charge in [-0.2, -0.15) is 0 Å². The molecule has 0 bridgehead atoms. The van der Waals surface area contributed by atoms with Gasteiger partial charge >= 0.3 is 0 Å². The van der Waals surface area contributed by atoms with Gasteiger partial charge in [-0.15, -0.1) is 0 Å². The number of hydrogen-bond donors (Lipinski definition) is 1. The lowest BCUT2D eigenvalue weighted by Crippen LogP contribution is -2.25. The minimum atomic E-state index is -0.111. The smallest absolute Gasteiger partial charge is 0.262 e. The number of amides is 1. The number of benzene rings is 1. The first-order valence-electron chi connectivity index (χ1n) is 3.48. The van der Waals surface area contributed by atoms with Gasteiger partial charge in [0.05, 0.1) is 10.2 Å². The van der Waals surface area contributed by atoms with Crippen LogP contribution in [0.5, 0.6) is 5.75 Å². The molecule has 3 nitrogen and oxygen atoms in total. The molecule has 1 amide bonds. The molecule has 0 unspecified atom stereocenters. The van der Waals surface area contributed by atoms with Crippen molar-refractivity contribution in [1.82, 2.24) is 0 Å². The van der Waals surface area contributed by atoms with E-state index in [1.165, 1.54) is 0 Å². The average Bonchev–Trinajstić information content (AvgIpc) is 2.04. The predicted molar refractivity (Wildman–Crippen MR) is 48.3 cm³/mol. The Morgan fingerprint density at radius 3 is 3.17 bits per heavy atom. The van der Waals surface area contributed by atoms with Crippen LogP contribution in [0.3, 0.4) is 0 Å². The maximum absolute atomic E-state index is 10.9. The molecule has 2 rings (SSSR count). The number of para-hydroxylation sites is 1. The van der Waals surface area contributed by atoms with Gasteiger partial charge in [0.1, 0.15) is 0 Å². The van der Waals surface area contributed by atoms with Crippen molar-refractivity contribution in [2.24, 2.45) is 0 Å². The van der Waals surface area contributed by atoms with E-state index in [4.69, 9.17) is 4.74 Å². The van der Waals surface area contributed by atoms with Gasteiger partial charge in [-0.25, -0.2) is 0 Å². The highest BCUT2D eigenvalue weighted by Gasteiger charge is 2.17. The number of halogens is 1. The molecule has 0 aliphatic carbocycles. The second kappa shape index (κ2) is 2.79. The average molecular weight is 228 g/mol. The molecule has 0 fully saturated rings. The second-order valence-corrected chi connectivity index (χ2v) is 3.31. The number of carbonyl (C=O) groups is 1. The van der Waals surface area contributed by atoms with Crippen LogP contribution in [-0.4, -0.2) is 12.5 Å². The summed E-state index contributed by atoms with van der Waals surface area (Å²) in [6.45, 7) is 0.0929. The molecule has 0 atom stereocenters. The van der Waals surface area contributed by atoms with Crippen LogP contribution >= 0.6 is 15.9 Å². The highest BCUT2D eigenvalue weighted by Crippen LogP contribution is 2.34. The number of rotatable bonds is 0. The normalized spacial score (nSPS) is 14.6. The molecule has 0 saturated heterocycles. The first-order valence-corrected chi connectivity index (χ1v) is 4.28. The fourth-order valence-electron chi connectivity index (χ4n) is 1.08. The molecule has 1 aromatic rings. The Morgan fingerprint density at radius 2 is 2.33 bits per heavy atom. The molecule has 0 radical (unpaired) electrons. The maximum atomic E-state index is 10.9. The number of hydrogen-bond acceptors (Lipinski definition) is 2. The predicted octanol–water partition coefficient (Wildman–Crippen LogP) is 1.78. The van der Waals surface area contributed by atoms with Gasteiger partial charge in [0.25, 0.3) is 5.91 Å².